The summed E-state index contributed by atoms with van der Waals surface area (Å²) in [6.45, 7) is 8.23. The number of hydrogen-bond acceptors (Lipinski definition) is 2. The number of esters is 1. The quantitative estimate of drug-likeness (QED) is 0.600. The normalized spacial score (nSPS) is 33.7. The summed E-state index contributed by atoms with van der Waals surface area (Å²) in [6.07, 6.45) is 2.23. The van der Waals surface area contributed by atoms with E-state index in [1.165, 1.54) is 18.9 Å². The molecule has 0 unspecified atom stereocenters. The lowest BCUT2D eigenvalue weighted by molar-refractivity contribution is -0.139. The predicted octanol–water partition coefficient (Wildman–Crippen LogP) is 2.89. The Morgan fingerprint density at radius 2 is 2.14 bits per heavy atom. The van der Waals surface area contributed by atoms with Gasteiger partial charge < -0.3 is 4.74 Å². The van der Waals surface area contributed by atoms with E-state index in [0.29, 0.717) is 17.3 Å². The highest BCUT2D eigenvalue weighted by atomic mass is 16.5. The van der Waals surface area contributed by atoms with Crippen molar-refractivity contribution in [2.45, 2.75) is 40.5 Å². The molecule has 3 aliphatic rings. The zero-order chi connectivity index (χ0) is 10.5. The monoisotopic (exact) mass is 194 g/mol. The van der Waals surface area contributed by atoms with Gasteiger partial charge in [0.1, 0.15) is 5.76 Å². The van der Waals surface area contributed by atoms with Gasteiger partial charge >= 0.3 is 5.97 Å². The Bertz CT molecular complexity index is 312. The molecule has 2 bridgehead atoms. The van der Waals surface area contributed by atoms with E-state index in [2.05, 4.69) is 20.8 Å². The number of allylic oxidation sites excluding steroid dienone is 2. The first-order chi connectivity index (χ1) is 6.43. The van der Waals surface area contributed by atoms with E-state index < -0.39 is 0 Å². The van der Waals surface area contributed by atoms with Crippen molar-refractivity contribution in [2.24, 2.45) is 17.3 Å². The van der Waals surface area contributed by atoms with Gasteiger partial charge in [0.2, 0.25) is 0 Å². The molecule has 1 saturated carbocycles. The molecule has 0 radical (unpaired) electrons. The maximum atomic E-state index is 10.9. The summed E-state index contributed by atoms with van der Waals surface area (Å²) in [5, 5.41) is 0. The van der Waals surface area contributed by atoms with Gasteiger partial charge in [0.25, 0.3) is 0 Å². The maximum Gasteiger partial charge on any atom is 0.307 e. The van der Waals surface area contributed by atoms with Crippen LogP contribution >= 0.6 is 0 Å². The van der Waals surface area contributed by atoms with Gasteiger partial charge in [0.05, 0.1) is 0 Å². The molecule has 3 aliphatic carbocycles. The van der Waals surface area contributed by atoms with Gasteiger partial charge in [0.15, 0.2) is 0 Å². The zero-order valence-corrected chi connectivity index (χ0v) is 9.39. The van der Waals surface area contributed by atoms with Crippen LogP contribution in [-0.2, 0) is 9.53 Å². The first kappa shape index (κ1) is 9.75. The molecule has 0 aromatic rings. The molecule has 0 aliphatic heterocycles. The maximum absolute atomic E-state index is 10.9. The van der Waals surface area contributed by atoms with Gasteiger partial charge in [-0.1, -0.05) is 13.8 Å². The smallest absolute Gasteiger partial charge is 0.307 e. The molecule has 0 amide bonds. The zero-order valence-electron chi connectivity index (χ0n) is 9.39. The van der Waals surface area contributed by atoms with Gasteiger partial charge in [-0.15, -0.1) is 0 Å². The highest BCUT2D eigenvalue weighted by Crippen LogP contribution is 2.60. The second-order valence-corrected chi connectivity index (χ2v) is 5.21. The summed E-state index contributed by atoms with van der Waals surface area (Å²) in [4.78, 5) is 10.9. The van der Waals surface area contributed by atoms with E-state index in [1.54, 1.807) is 0 Å². The summed E-state index contributed by atoms with van der Waals surface area (Å²) >= 11 is 0. The van der Waals surface area contributed by atoms with Crippen LogP contribution in [0.3, 0.4) is 0 Å². The molecule has 0 aromatic carbocycles. The van der Waals surface area contributed by atoms with Gasteiger partial charge in [-0.25, -0.2) is 0 Å². The Labute approximate surface area is 85.3 Å². The molecule has 0 N–H and O–H groups in total. The molecular weight excluding hydrogens is 176 g/mol. The Morgan fingerprint density at radius 3 is 2.57 bits per heavy atom. The Balaban J connectivity index is 2.22. The van der Waals surface area contributed by atoms with Gasteiger partial charge in [-0.2, -0.15) is 0 Å². The fourth-order valence-electron chi connectivity index (χ4n) is 2.97. The van der Waals surface area contributed by atoms with Crippen LogP contribution in [0.1, 0.15) is 40.5 Å². The largest absolute Gasteiger partial charge is 0.431 e. The minimum atomic E-state index is -0.182. The molecule has 0 aromatic heterocycles. The van der Waals surface area contributed by atoms with Crippen LogP contribution in [0.2, 0.25) is 0 Å². The summed E-state index contributed by atoms with van der Waals surface area (Å²) < 4.78 is 5.24. The second kappa shape index (κ2) is 2.85. The van der Waals surface area contributed by atoms with E-state index in [-0.39, 0.29) is 5.97 Å². The average Bonchev–Trinajstić information content (AvgIpc) is 2.06. The molecule has 2 atom stereocenters. The average molecular weight is 194 g/mol. The number of fused-ring (bicyclic) bond motifs is 1. The fraction of sp³-hybridized carbons (Fsp3) is 0.750. The molecule has 1 fully saturated rings. The van der Waals surface area contributed by atoms with Gasteiger partial charge in [-0.3, -0.25) is 4.79 Å². The molecule has 3 rings (SSSR count). The molecule has 78 valence electrons. The third-order valence-corrected chi connectivity index (χ3v) is 4.13. The molecule has 14 heavy (non-hydrogen) atoms. The Hall–Kier alpha value is -0.790. The minimum Gasteiger partial charge on any atom is -0.431 e. The number of carbonyl (C=O) groups is 1. The lowest BCUT2D eigenvalue weighted by atomic mass is 9.48. The van der Waals surface area contributed by atoms with Crippen molar-refractivity contribution in [3.8, 4) is 0 Å². The van der Waals surface area contributed by atoms with Crippen LogP contribution in [0.5, 0.6) is 0 Å². The fourth-order valence-corrected chi connectivity index (χ4v) is 2.97. The molecule has 0 heterocycles. The first-order valence-electron chi connectivity index (χ1n) is 5.31. The van der Waals surface area contributed by atoms with Crippen LogP contribution in [0.4, 0.5) is 0 Å². The molecule has 0 spiro atoms. The topological polar surface area (TPSA) is 26.3 Å². The van der Waals surface area contributed by atoms with Crippen molar-refractivity contribution >= 4 is 5.97 Å². The van der Waals surface area contributed by atoms with Crippen molar-refractivity contribution in [3.63, 3.8) is 0 Å². The lowest BCUT2D eigenvalue weighted by Gasteiger charge is -2.56. The van der Waals surface area contributed by atoms with Crippen molar-refractivity contribution in [3.05, 3.63) is 11.3 Å². The van der Waals surface area contributed by atoms with Gasteiger partial charge in [-0.05, 0) is 36.2 Å². The van der Waals surface area contributed by atoms with E-state index in [1.807, 2.05) is 0 Å². The Morgan fingerprint density at radius 1 is 1.50 bits per heavy atom. The van der Waals surface area contributed by atoms with Crippen LogP contribution < -0.4 is 0 Å². The number of ether oxygens (including phenoxy) is 1. The predicted molar refractivity (Wildman–Crippen MR) is 54.5 cm³/mol. The highest BCUT2D eigenvalue weighted by Gasteiger charge is 2.52. The lowest BCUT2D eigenvalue weighted by Crippen LogP contribution is -2.49. The minimum absolute atomic E-state index is 0.182. The van der Waals surface area contributed by atoms with Crippen molar-refractivity contribution in [1.82, 2.24) is 0 Å². The van der Waals surface area contributed by atoms with E-state index in [4.69, 9.17) is 4.74 Å². The van der Waals surface area contributed by atoms with E-state index in [0.717, 1.165) is 12.2 Å². The number of carbonyl (C=O) groups excluding carboxylic acids is 1. The molecular formula is C12H18O2. The van der Waals surface area contributed by atoms with Crippen molar-refractivity contribution in [1.29, 1.82) is 0 Å². The van der Waals surface area contributed by atoms with Crippen molar-refractivity contribution in [2.75, 3.05) is 0 Å². The summed E-state index contributed by atoms with van der Waals surface area (Å²) in [7, 11) is 0. The van der Waals surface area contributed by atoms with Crippen LogP contribution in [0.15, 0.2) is 11.3 Å². The summed E-state index contributed by atoms with van der Waals surface area (Å²) in [6, 6.07) is 0. The van der Waals surface area contributed by atoms with E-state index in [9.17, 15) is 4.79 Å². The molecule has 2 heteroatoms. The summed E-state index contributed by atoms with van der Waals surface area (Å²) in [5.41, 5.74) is 1.72. The van der Waals surface area contributed by atoms with E-state index >= 15 is 0 Å². The third kappa shape index (κ3) is 1.20. The standard InChI is InChI=1S/C12H18O2/c1-7-10-5-9(12(10,3)4)6-11(7)14-8(2)13/h9-10H,5-6H2,1-4H3/t9-,10+/m1/s1. The van der Waals surface area contributed by atoms with Crippen LogP contribution in [0, 0.1) is 17.3 Å². The number of rotatable bonds is 1. The SMILES string of the molecule is CC(=O)OC1=C(C)[C@@H]2C[C@H](C1)C2(C)C. The molecule has 2 nitrogen and oxygen atoms in total. The van der Waals surface area contributed by atoms with Crippen LogP contribution in [0.25, 0.3) is 0 Å². The Kier molecular flexibility index (Phi) is 1.98. The summed E-state index contributed by atoms with van der Waals surface area (Å²) in [5.74, 6) is 2.11. The molecule has 0 saturated heterocycles. The highest BCUT2D eigenvalue weighted by molar-refractivity contribution is 5.67. The van der Waals surface area contributed by atoms with Gasteiger partial charge in [0, 0.05) is 13.3 Å². The second-order valence-electron chi connectivity index (χ2n) is 5.21. The number of hydrogen-bond donors (Lipinski definition) is 0. The van der Waals surface area contributed by atoms with Crippen molar-refractivity contribution < 1.29 is 9.53 Å². The first-order valence-corrected chi connectivity index (χ1v) is 5.31. The third-order valence-electron chi connectivity index (χ3n) is 4.13. The van der Waals surface area contributed by atoms with Crippen LogP contribution in [-0.4, -0.2) is 5.97 Å².